The van der Waals surface area contributed by atoms with Crippen molar-refractivity contribution < 1.29 is 4.79 Å². The van der Waals surface area contributed by atoms with Gasteiger partial charge >= 0.3 is 0 Å². The Morgan fingerprint density at radius 3 is 3.05 bits per heavy atom. The van der Waals surface area contributed by atoms with Crippen LogP contribution in [0.5, 0.6) is 0 Å². The zero-order valence-electron chi connectivity index (χ0n) is 11.8. The number of para-hydroxylation sites is 2. The molecule has 21 heavy (non-hydrogen) atoms. The van der Waals surface area contributed by atoms with E-state index in [1.165, 1.54) is 6.33 Å². The van der Waals surface area contributed by atoms with E-state index in [1.54, 1.807) is 0 Å². The molecule has 6 heteroatoms. The van der Waals surface area contributed by atoms with Crippen molar-refractivity contribution in [1.82, 2.24) is 9.97 Å². The summed E-state index contributed by atoms with van der Waals surface area (Å²) in [6.07, 6.45) is 2.54. The number of nitrogens with one attached hydrogen (secondary N) is 2. The van der Waals surface area contributed by atoms with Crippen LogP contribution in [0.2, 0.25) is 0 Å². The molecule has 0 aliphatic carbocycles. The van der Waals surface area contributed by atoms with Gasteiger partial charge in [0.25, 0.3) is 0 Å². The fraction of sp³-hybridized carbons (Fsp3) is 0.267. The van der Waals surface area contributed by atoms with E-state index in [0.29, 0.717) is 5.82 Å². The van der Waals surface area contributed by atoms with Gasteiger partial charge in [-0.15, -0.1) is 0 Å². The van der Waals surface area contributed by atoms with Gasteiger partial charge in [-0.3, -0.25) is 4.79 Å². The number of benzene rings is 1. The van der Waals surface area contributed by atoms with Crippen LogP contribution in [0.1, 0.15) is 13.3 Å². The minimum Gasteiger partial charge on any atom is -0.370 e. The smallest absolute Gasteiger partial charge is 0.244 e. The van der Waals surface area contributed by atoms with Crippen molar-refractivity contribution in [2.45, 2.75) is 13.3 Å². The Morgan fingerprint density at radius 2 is 2.19 bits per heavy atom. The lowest BCUT2D eigenvalue weighted by Gasteiger charge is -2.30. The number of amides is 1. The molecule has 1 aliphatic heterocycles. The number of hydrogen-bond donors (Lipinski definition) is 2. The average Bonchev–Trinajstić information content (AvgIpc) is 2.52. The second-order valence-corrected chi connectivity index (χ2v) is 4.84. The third kappa shape index (κ3) is 2.79. The van der Waals surface area contributed by atoms with Gasteiger partial charge < -0.3 is 15.5 Å². The largest absolute Gasteiger partial charge is 0.370 e. The lowest BCUT2D eigenvalue weighted by atomic mass is 10.2. The van der Waals surface area contributed by atoms with Gasteiger partial charge in [0, 0.05) is 12.6 Å². The van der Waals surface area contributed by atoms with E-state index in [1.807, 2.05) is 35.2 Å². The Balaban J connectivity index is 1.95. The molecule has 2 N–H and O–H groups in total. The first-order valence-corrected chi connectivity index (χ1v) is 7.00. The Kier molecular flexibility index (Phi) is 3.68. The van der Waals surface area contributed by atoms with Crippen LogP contribution in [-0.4, -0.2) is 29.0 Å². The van der Waals surface area contributed by atoms with Gasteiger partial charge in [-0.25, -0.2) is 9.97 Å². The van der Waals surface area contributed by atoms with Crippen molar-refractivity contribution in [3.05, 3.63) is 36.7 Å². The van der Waals surface area contributed by atoms with E-state index < -0.39 is 0 Å². The highest BCUT2D eigenvalue weighted by atomic mass is 16.2. The maximum atomic E-state index is 11.9. The number of rotatable bonds is 4. The SMILES string of the molecule is CCCNc1cc(N2CC(=O)Nc3ccccc32)ncn1. The van der Waals surface area contributed by atoms with Crippen molar-refractivity contribution in [2.24, 2.45) is 0 Å². The maximum Gasteiger partial charge on any atom is 0.244 e. The normalized spacial score (nSPS) is 13.6. The van der Waals surface area contributed by atoms with Crippen LogP contribution in [-0.2, 0) is 4.79 Å². The molecule has 0 unspecified atom stereocenters. The van der Waals surface area contributed by atoms with Crippen molar-refractivity contribution in [3.8, 4) is 0 Å². The summed E-state index contributed by atoms with van der Waals surface area (Å²) in [5.74, 6) is 1.44. The van der Waals surface area contributed by atoms with Crippen LogP contribution in [0.15, 0.2) is 36.7 Å². The van der Waals surface area contributed by atoms with Crippen LogP contribution in [0.4, 0.5) is 23.0 Å². The fourth-order valence-electron chi connectivity index (χ4n) is 2.28. The summed E-state index contributed by atoms with van der Waals surface area (Å²) >= 11 is 0. The van der Waals surface area contributed by atoms with E-state index in [-0.39, 0.29) is 12.5 Å². The summed E-state index contributed by atoms with van der Waals surface area (Å²) in [4.78, 5) is 22.2. The van der Waals surface area contributed by atoms with Crippen LogP contribution >= 0.6 is 0 Å². The van der Waals surface area contributed by atoms with Crippen LogP contribution in [0.25, 0.3) is 0 Å². The number of aromatic nitrogens is 2. The molecule has 0 saturated heterocycles. The number of nitrogens with zero attached hydrogens (tertiary/aromatic N) is 3. The molecule has 108 valence electrons. The first kappa shape index (κ1) is 13.4. The van der Waals surface area contributed by atoms with Gasteiger partial charge in [0.2, 0.25) is 5.91 Å². The third-order valence-electron chi connectivity index (χ3n) is 3.26. The molecule has 2 aromatic rings. The highest BCUT2D eigenvalue weighted by molar-refractivity contribution is 6.02. The Morgan fingerprint density at radius 1 is 1.33 bits per heavy atom. The molecule has 1 aromatic carbocycles. The molecule has 1 aromatic heterocycles. The lowest BCUT2D eigenvalue weighted by molar-refractivity contribution is -0.115. The van der Waals surface area contributed by atoms with Crippen molar-refractivity contribution in [2.75, 3.05) is 28.6 Å². The molecule has 0 fully saturated rings. The molecule has 0 spiro atoms. The molecule has 6 nitrogen and oxygen atoms in total. The average molecular weight is 283 g/mol. The van der Waals surface area contributed by atoms with Crippen molar-refractivity contribution >= 4 is 28.9 Å². The van der Waals surface area contributed by atoms with Crippen molar-refractivity contribution in [1.29, 1.82) is 0 Å². The number of carbonyl (C=O) groups is 1. The molecule has 2 heterocycles. The van der Waals surface area contributed by atoms with Gasteiger partial charge in [0.15, 0.2) is 0 Å². The summed E-state index contributed by atoms with van der Waals surface area (Å²) < 4.78 is 0. The fourth-order valence-corrected chi connectivity index (χ4v) is 2.28. The molecule has 0 radical (unpaired) electrons. The minimum absolute atomic E-state index is 0.0459. The summed E-state index contributed by atoms with van der Waals surface area (Å²) in [6, 6.07) is 9.56. The monoisotopic (exact) mass is 283 g/mol. The molecule has 1 aliphatic rings. The van der Waals surface area contributed by atoms with Crippen molar-refractivity contribution in [3.63, 3.8) is 0 Å². The molecule has 0 bridgehead atoms. The standard InChI is InChI=1S/C15H17N5O/c1-2-7-16-13-8-14(18-10-17-13)20-9-15(21)19-11-5-3-4-6-12(11)20/h3-6,8,10H,2,7,9H2,1H3,(H,19,21)(H,16,17,18). The summed E-state index contributed by atoms with van der Waals surface area (Å²) in [7, 11) is 0. The van der Waals surface area contributed by atoms with Crippen LogP contribution in [0, 0.1) is 0 Å². The van der Waals surface area contributed by atoms with E-state index in [2.05, 4.69) is 27.5 Å². The van der Waals surface area contributed by atoms with Crippen LogP contribution < -0.4 is 15.5 Å². The number of hydrogen-bond acceptors (Lipinski definition) is 5. The number of fused-ring (bicyclic) bond motifs is 1. The highest BCUT2D eigenvalue weighted by Gasteiger charge is 2.23. The Labute approximate surface area is 123 Å². The van der Waals surface area contributed by atoms with Gasteiger partial charge in [-0.1, -0.05) is 19.1 Å². The highest BCUT2D eigenvalue weighted by Crippen LogP contribution is 2.33. The van der Waals surface area contributed by atoms with Gasteiger partial charge in [0.05, 0.1) is 11.4 Å². The van der Waals surface area contributed by atoms with E-state index in [0.717, 1.165) is 30.2 Å². The Hall–Kier alpha value is -2.63. The van der Waals surface area contributed by atoms with E-state index in [4.69, 9.17) is 0 Å². The zero-order valence-corrected chi connectivity index (χ0v) is 11.8. The zero-order chi connectivity index (χ0) is 14.7. The maximum absolute atomic E-state index is 11.9. The molecule has 0 atom stereocenters. The lowest BCUT2D eigenvalue weighted by Crippen LogP contribution is -2.35. The minimum atomic E-state index is -0.0459. The van der Waals surface area contributed by atoms with Gasteiger partial charge in [-0.2, -0.15) is 0 Å². The molecule has 0 saturated carbocycles. The Bertz CT molecular complexity index is 658. The van der Waals surface area contributed by atoms with E-state index >= 15 is 0 Å². The number of anilines is 4. The molecule has 3 rings (SSSR count). The topological polar surface area (TPSA) is 70.2 Å². The molecule has 1 amide bonds. The predicted octanol–water partition coefficient (Wildman–Crippen LogP) is 2.39. The quantitative estimate of drug-likeness (QED) is 0.901. The summed E-state index contributed by atoms with van der Waals surface area (Å²) in [5.41, 5.74) is 1.74. The second-order valence-electron chi connectivity index (χ2n) is 4.84. The second kappa shape index (κ2) is 5.78. The van der Waals surface area contributed by atoms with Crippen LogP contribution in [0.3, 0.4) is 0 Å². The third-order valence-corrected chi connectivity index (χ3v) is 3.26. The number of carbonyl (C=O) groups excluding carboxylic acids is 1. The summed E-state index contributed by atoms with van der Waals surface area (Å²) in [6.45, 7) is 3.20. The first-order valence-electron chi connectivity index (χ1n) is 7.00. The van der Waals surface area contributed by atoms with Gasteiger partial charge in [0.1, 0.15) is 24.5 Å². The van der Waals surface area contributed by atoms with Gasteiger partial charge in [-0.05, 0) is 18.6 Å². The molecular weight excluding hydrogens is 266 g/mol. The predicted molar refractivity (Wildman–Crippen MR) is 82.9 cm³/mol. The first-order chi connectivity index (χ1) is 10.3. The molecular formula is C15H17N5O. The van der Waals surface area contributed by atoms with E-state index in [9.17, 15) is 4.79 Å². The summed E-state index contributed by atoms with van der Waals surface area (Å²) in [5, 5.41) is 6.10.